The Morgan fingerprint density at radius 3 is 2.40 bits per heavy atom. The Balaban J connectivity index is 2.25. The third-order valence-electron chi connectivity index (χ3n) is 3.06. The molecule has 0 unspecified atom stereocenters. The molecule has 20 heavy (non-hydrogen) atoms. The molecule has 4 heteroatoms. The van der Waals surface area contributed by atoms with Crippen LogP contribution < -0.4 is 16.0 Å². The molecule has 0 spiro atoms. The van der Waals surface area contributed by atoms with E-state index in [0.717, 1.165) is 25.2 Å². The molecule has 1 aromatic rings. The highest BCUT2D eigenvalue weighted by Gasteiger charge is 2.07. The molecule has 0 saturated carbocycles. The van der Waals surface area contributed by atoms with Gasteiger partial charge in [-0.05, 0) is 83.1 Å². The quantitative estimate of drug-likeness (QED) is 0.575. The Morgan fingerprint density at radius 1 is 1.10 bits per heavy atom. The predicted octanol–water partition coefficient (Wildman–Crippen LogP) is 3.37. The summed E-state index contributed by atoms with van der Waals surface area (Å²) in [4.78, 5) is 0. The van der Waals surface area contributed by atoms with E-state index in [0.29, 0.717) is 5.11 Å². The van der Waals surface area contributed by atoms with Crippen LogP contribution >= 0.6 is 12.2 Å². The molecule has 0 fully saturated rings. The summed E-state index contributed by atoms with van der Waals surface area (Å²) >= 11 is 5.29. The van der Waals surface area contributed by atoms with Gasteiger partial charge in [0.05, 0.1) is 0 Å². The minimum absolute atomic E-state index is 0.179. The number of anilines is 1. The van der Waals surface area contributed by atoms with Crippen molar-refractivity contribution in [1.82, 2.24) is 10.6 Å². The Hall–Kier alpha value is -1.13. The van der Waals surface area contributed by atoms with Crippen LogP contribution in [0.5, 0.6) is 0 Å². The molecule has 0 heterocycles. The fraction of sp³-hybridized carbons (Fsp3) is 0.562. The van der Waals surface area contributed by atoms with Gasteiger partial charge in [0.15, 0.2) is 5.11 Å². The first-order valence-corrected chi connectivity index (χ1v) is 7.56. The van der Waals surface area contributed by atoms with E-state index in [2.05, 4.69) is 68.8 Å². The lowest BCUT2D eigenvalue weighted by Gasteiger charge is -2.20. The molecule has 0 aliphatic heterocycles. The zero-order chi connectivity index (χ0) is 15.2. The van der Waals surface area contributed by atoms with Crippen LogP contribution in [-0.4, -0.2) is 23.7 Å². The van der Waals surface area contributed by atoms with Crippen molar-refractivity contribution < 1.29 is 0 Å². The first-order chi connectivity index (χ1) is 9.28. The third-order valence-corrected chi connectivity index (χ3v) is 3.31. The smallest absolute Gasteiger partial charge is 0.170 e. The van der Waals surface area contributed by atoms with E-state index < -0.39 is 0 Å². The highest BCUT2D eigenvalue weighted by molar-refractivity contribution is 7.80. The predicted molar refractivity (Wildman–Crippen MR) is 92.5 cm³/mol. The molecule has 0 saturated heterocycles. The lowest BCUT2D eigenvalue weighted by atomic mass is 10.1. The van der Waals surface area contributed by atoms with E-state index in [9.17, 15) is 0 Å². The van der Waals surface area contributed by atoms with Gasteiger partial charge in [0.1, 0.15) is 0 Å². The summed E-state index contributed by atoms with van der Waals surface area (Å²) < 4.78 is 0. The average Bonchev–Trinajstić information content (AvgIpc) is 2.32. The van der Waals surface area contributed by atoms with Crippen LogP contribution in [0.4, 0.5) is 5.69 Å². The monoisotopic (exact) mass is 293 g/mol. The number of aryl methyl sites for hydroxylation is 2. The second kappa shape index (κ2) is 7.60. The van der Waals surface area contributed by atoms with Crippen LogP contribution in [0.3, 0.4) is 0 Å². The highest BCUT2D eigenvalue weighted by Crippen LogP contribution is 2.13. The molecule has 0 amide bonds. The summed E-state index contributed by atoms with van der Waals surface area (Å²) in [7, 11) is 0. The summed E-state index contributed by atoms with van der Waals surface area (Å²) in [6.07, 6.45) is 1.05. The topological polar surface area (TPSA) is 36.1 Å². The molecule has 0 radical (unpaired) electrons. The normalized spacial score (nSPS) is 11.2. The van der Waals surface area contributed by atoms with Crippen molar-refractivity contribution in [2.45, 2.75) is 46.6 Å². The first-order valence-electron chi connectivity index (χ1n) is 7.15. The van der Waals surface area contributed by atoms with Crippen LogP contribution in [0.2, 0.25) is 0 Å². The van der Waals surface area contributed by atoms with Gasteiger partial charge >= 0.3 is 0 Å². The molecule has 112 valence electrons. The average molecular weight is 293 g/mol. The molecule has 0 aromatic heterocycles. The Bertz CT molecular complexity index is 450. The van der Waals surface area contributed by atoms with Gasteiger partial charge in [-0.25, -0.2) is 0 Å². The number of rotatable bonds is 5. The number of hydrogen-bond donors (Lipinski definition) is 3. The highest BCUT2D eigenvalue weighted by atomic mass is 32.1. The van der Waals surface area contributed by atoms with Gasteiger partial charge in [-0.2, -0.15) is 0 Å². The molecule has 0 bridgehead atoms. The Morgan fingerprint density at radius 2 is 1.80 bits per heavy atom. The van der Waals surface area contributed by atoms with Crippen molar-refractivity contribution in [2.24, 2.45) is 0 Å². The van der Waals surface area contributed by atoms with Gasteiger partial charge in [0, 0.05) is 17.8 Å². The maximum Gasteiger partial charge on any atom is 0.170 e. The largest absolute Gasteiger partial charge is 0.362 e. The molecular weight excluding hydrogens is 266 g/mol. The van der Waals surface area contributed by atoms with E-state index >= 15 is 0 Å². The van der Waals surface area contributed by atoms with Crippen LogP contribution in [-0.2, 0) is 0 Å². The number of hydrogen-bond acceptors (Lipinski definition) is 2. The van der Waals surface area contributed by atoms with Crippen LogP contribution in [0.15, 0.2) is 18.2 Å². The molecule has 1 rings (SSSR count). The van der Waals surface area contributed by atoms with E-state index in [1.165, 1.54) is 11.1 Å². The number of nitrogens with one attached hydrogen (secondary N) is 3. The lowest BCUT2D eigenvalue weighted by Crippen LogP contribution is -2.38. The number of thiocarbonyl (C=S) groups is 1. The minimum atomic E-state index is 0.179. The summed E-state index contributed by atoms with van der Waals surface area (Å²) in [6.45, 7) is 12.6. The molecule has 3 nitrogen and oxygen atoms in total. The Kier molecular flexibility index (Phi) is 6.43. The fourth-order valence-corrected chi connectivity index (χ4v) is 1.97. The van der Waals surface area contributed by atoms with Gasteiger partial charge in [0.25, 0.3) is 0 Å². The summed E-state index contributed by atoms with van der Waals surface area (Å²) in [5.74, 6) is 0. The molecule has 0 aliphatic carbocycles. The molecule has 3 N–H and O–H groups in total. The van der Waals surface area contributed by atoms with Crippen LogP contribution in [0.25, 0.3) is 0 Å². The van der Waals surface area contributed by atoms with Gasteiger partial charge < -0.3 is 16.0 Å². The van der Waals surface area contributed by atoms with Gasteiger partial charge in [-0.15, -0.1) is 0 Å². The van der Waals surface area contributed by atoms with Crippen molar-refractivity contribution in [3.63, 3.8) is 0 Å². The molecule has 0 atom stereocenters. The van der Waals surface area contributed by atoms with Crippen LogP contribution in [0, 0.1) is 13.8 Å². The zero-order valence-electron chi connectivity index (χ0n) is 13.3. The molecule has 0 aliphatic rings. The second-order valence-corrected chi connectivity index (χ2v) is 6.62. The summed E-state index contributed by atoms with van der Waals surface area (Å²) in [5, 5.41) is 10.6. The van der Waals surface area contributed by atoms with E-state index in [1.54, 1.807) is 0 Å². The fourth-order valence-electron chi connectivity index (χ4n) is 1.75. The van der Waals surface area contributed by atoms with Crippen molar-refractivity contribution in [2.75, 3.05) is 18.4 Å². The third kappa shape index (κ3) is 6.87. The van der Waals surface area contributed by atoms with Crippen molar-refractivity contribution in [3.8, 4) is 0 Å². The summed E-state index contributed by atoms with van der Waals surface area (Å²) in [5.41, 5.74) is 3.78. The van der Waals surface area contributed by atoms with E-state index in [-0.39, 0.29) is 5.54 Å². The second-order valence-electron chi connectivity index (χ2n) is 6.21. The van der Waals surface area contributed by atoms with Gasteiger partial charge in [-0.1, -0.05) is 6.07 Å². The lowest BCUT2D eigenvalue weighted by molar-refractivity contribution is 0.422. The summed E-state index contributed by atoms with van der Waals surface area (Å²) in [6, 6.07) is 6.27. The SMILES string of the molecule is Cc1ccc(NC(=S)NCCCNC(C)(C)C)cc1C. The minimum Gasteiger partial charge on any atom is -0.362 e. The first kappa shape index (κ1) is 16.9. The van der Waals surface area contributed by atoms with Gasteiger partial charge in [0.2, 0.25) is 0 Å². The van der Waals surface area contributed by atoms with E-state index in [1.807, 2.05) is 0 Å². The van der Waals surface area contributed by atoms with Gasteiger partial charge in [-0.3, -0.25) is 0 Å². The standard InChI is InChI=1S/C16H27N3S/c1-12-7-8-14(11-13(12)2)19-15(20)17-9-6-10-18-16(3,4)5/h7-8,11,18H,6,9-10H2,1-5H3,(H2,17,19,20). The van der Waals surface area contributed by atoms with E-state index in [4.69, 9.17) is 12.2 Å². The van der Waals surface area contributed by atoms with Crippen molar-refractivity contribution in [3.05, 3.63) is 29.3 Å². The molecular formula is C16H27N3S. The molecule has 1 aromatic carbocycles. The van der Waals surface area contributed by atoms with Crippen molar-refractivity contribution in [1.29, 1.82) is 0 Å². The number of benzene rings is 1. The van der Waals surface area contributed by atoms with Crippen LogP contribution in [0.1, 0.15) is 38.3 Å². The maximum atomic E-state index is 5.29. The maximum absolute atomic E-state index is 5.29. The Labute approximate surface area is 128 Å². The zero-order valence-corrected chi connectivity index (χ0v) is 14.1. The van der Waals surface area contributed by atoms with Crippen molar-refractivity contribution >= 4 is 23.0 Å².